The highest BCUT2D eigenvalue weighted by atomic mass is 16.5. The first-order chi connectivity index (χ1) is 15.3. The molecule has 0 aromatic carbocycles. The molecule has 1 saturated heterocycles. The van der Waals surface area contributed by atoms with Crippen molar-refractivity contribution in [1.29, 1.82) is 0 Å². The lowest BCUT2D eigenvalue weighted by atomic mass is 9.98. The molecule has 3 heterocycles. The smallest absolute Gasteiger partial charge is 0.341 e. The van der Waals surface area contributed by atoms with Crippen molar-refractivity contribution < 1.29 is 19.4 Å². The lowest BCUT2D eigenvalue weighted by Gasteiger charge is -2.23. The van der Waals surface area contributed by atoms with E-state index >= 15 is 0 Å². The molecule has 0 amide bonds. The second-order valence-electron chi connectivity index (χ2n) is 9.33. The van der Waals surface area contributed by atoms with E-state index in [-0.39, 0.29) is 17.1 Å². The number of methoxy groups -OCH3 is 1. The Morgan fingerprint density at radius 3 is 2.62 bits per heavy atom. The topological polar surface area (TPSA) is 114 Å². The third-order valence-electron chi connectivity index (χ3n) is 6.16. The Labute approximate surface area is 187 Å². The van der Waals surface area contributed by atoms with Crippen molar-refractivity contribution >= 4 is 5.97 Å². The Bertz CT molecular complexity index is 1060. The first-order valence-electron chi connectivity index (χ1n) is 11.2. The Morgan fingerprint density at radius 1 is 1.25 bits per heavy atom. The molecular formula is C24H31N3O5. The summed E-state index contributed by atoms with van der Waals surface area (Å²) in [5.74, 6) is -0.111. The highest BCUT2D eigenvalue weighted by Gasteiger charge is 2.35. The summed E-state index contributed by atoms with van der Waals surface area (Å²) in [6.45, 7) is 5.52. The van der Waals surface area contributed by atoms with Crippen molar-refractivity contribution in [3.63, 3.8) is 0 Å². The van der Waals surface area contributed by atoms with Gasteiger partial charge in [-0.2, -0.15) is 0 Å². The number of pyridine rings is 2. The first-order valence-corrected chi connectivity index (χ1v) is 11.2. The number of aromatic nitrogens is 2. The molecule has 0 spiro atoms. The van der Waals surface area contributed by atoms with E-state index in [2.05, 4.69) is 30.2 Å². The molecule has 8 nitrogen and oxygen atoms in total. The highest BCUT2D eigenvalue weighted by Crippen LogP contribution is 2.46. The number of hydrogen-bond acceptors (Lipinski definition) is 6. The number of rotatable bonds is 9. The number of carboxylic acid groups (broad SMARTS) is 1. The van der Waals surface area contributed by atoms with Crippen LogP contribution in [-0.4, -0.2) is 46.9 Å². The van der Waals surface area contributed by atoms with Crippen molar-refractivity contribution in [3.8, 4) is 17.1 Å². The lowest BCUT2D eigenvalue weighted by molar-refractivity contribution is 0.0695. The SMILES string of the molecule is COCCCOc1cc(C2CCC(C)(C)N2)c(-c2cc(=O)c(C(=O)O)c[nH]2)nc1C1CC1. The summed E-state index contributed by atoms with van der Waals surface area (Å²) >= 11 is 0. The number of H-pyrrole nitrogens is 1. The number of nitrogens with one attached hydrogen (secondary N) is 2. The largest absolute Gasteiger partial charge is 0.492 e. The van der Waals surface area contributed by atoms with E-state index < -0.39 is 11.4 Å². The number of aromatic carboxylic acids is 1. The Hall–Kier alpha value is -2.71. The quantitative estimate of drug-likeness (QED) is 0.509. The van der Waals surface area contributed by atoms with Gasteiger partial charge in [-0.05, 0) is 45.6 Å². The second kappa shape index (κ2) is 9.03. The Morgan fingerprint density at radius 2 is 2.03 bits per heavy atom. The number of nitrogens with zero attached hydrogens (tertiary/aromatic N) is 1. The summed E-state index contributed by atoms with van der Waals surface area (Å²) in [5, 5.41) is 12.9. The average molecular weight is 442 g/mol. The molecule has 172 valence electrons. The van der Waals surface area contributed by atoms with Gasteiger partial charge in [0.25, 0.3) is 0 Å². The predicted molar refractivity (Wildman–Crippen MR) is 120 cm³/mol. The standard InChI is InChI=1S/C24H31N3O5/c1-24(2)8-7-17(27-24)15-11-20(32-10-4-9-31-3)21(14-5-6-14)26-22(15)18-12-19(28)16(13-25-18)23(29)30/h11-14,17,27H,4-10H2,1-3H3,(H,25,28)(H,29,30). The summed E-state index contributed by atoms with van der Waals surface area (Å²) in [7, 11) is 1.67. The van der Waals surface area contributed by atoms with Crippen LogP contribution >= 0.6 is 0 Å². The zero-order valence-corrected chi connectivity index (χ0v) is 18.9. The van der Waals surface area contributed by atoms with E-state index in [4.69, 9.17) is 14.5 Å². The molecule has 0 bridgehead atoms. The normalized spacial score (nSPS) is 19.8. The van der Waals surface area contributed by atoms with Crippen molar-refractivity contribution in [2.24, 2.45) is 0 Å². The molecule has 32 heavy (non-hydrogen) atoms. The van der Waals surface area contributed by atoms with Crippen LogP contribution in [-0.2, 0) is 4.74 Å². The molecular weight excluding hydrogens is 410 g/mol. The van der Waals surface area contributed by atoms with Gasteiger partial charge in [-0.1, -0.05) is 0 Å². The van der Waals surface area contributed by atoms with Crippen LogP contribution in [0.4, 0.5) is 0 Å². The fourth-order valence-corrected chi connectivity index (χ4v) is 4.29. The van der Waals surface area contributed by atoms with E-state index in [1.807, 2.05) is 0 Å². The number of carbonyl (C=O) groups is 1. The predicted octanol–water partition coefficient (Wildman–Crippen LogP) is 3.63. The van der Waals surface area contributed by atoms with Gasteiger partial charge in [-0.25, -0.2) is 9.78 Å². The summed E-state index contributed by atoms with van der Waals surface area (Å²) in [6.07, 6.45) is 6.11. The van der Waals surface area contributed by atoms with Gasteiger partial charge in [0.05, 0.1) is 23.7 Å². The van der Waals surface area contributed by atoms with Crippen LogP contribution in [0.2, 0.25) is 0 Å². The molecule has 1 aliphatic heterocycles. The molecule has 1 atom stereocenters. The van der Waals surface area contributed by atoms with Crippen molar-refractivity contribution in [2.75, 3.05) is 20.3 Å². The average Bonchev–Trinajstić information content (AvgIpc) is 3.53. The van der Waals surface area contributed by atoms with E-state index in [0.29, 0.717) is 30.5 Å². The summed E-state index contributed by atoms with van der Waals surface area (Å²) in [5.41, 5.74) is 2.25. The molecule has 2 aliphatic rings. The van der Waals surface area contributed by atoms with E-state index in [1.165, 1.54) is 12.3 Å². The molecule has 3 N–H and O–H groups in total. The summed E-state index contributed by atoms with van der Waals surface area (Å²) in [6, 6.07) is 3.46. The van der Waals surface area contributed by atoms with Crippen molar-refractivity contribution in [1.82, 2.24) is 15.3 Å². The maximum absolute atomic E-state index is 12.4. The molecule has 1 unspecified atom stereocenters. The van der Waals surface area contributed by atoms with Crippen LogP contribution in [0.15, 0.2) is 23.1 Å². The fraction of sp³-hybridized carbons (Fsp3) is 0.542. The van der Waals surface area contributed by atoms with Gasteiger partial charge in [0.2, 0.25) is 0 Å². The third kappa shape index (κ3) is 4.86. The van der Waals surface area contributed by atoms with Crippen LogP contribution in [0.3, 0.4) is 0 Å². The van der Waals surface area contributed by atoms with Gasteiger partial charge >= 0.3 is 5.97 Å². The second-order valence-corrected chi connectivity index (χ2v) is 9.33. The minimum Gasteiger partial charge on any atom is -0.492 e. The number of ether oxygens (including phenoxy) is 2. The first kappa shape index (κ1) is 22.5. The Kier molecular flexibility index (Phi) is 6.35. The fourth-order valence-electron chi connectivity index (χ4n) is 4.29. The minimum atomic E-state index is -1.25. The van der Waals surface area contributed by atoms with E-state index in [0.717, 1.165) is 49.1 Å². The molecule has 8 heteroatoms. The minimum absolute atomic E-state index is 0.00282. The van der Waals surface area contributed by atoms with Crippen molar-refractivity contribution in [3.05, 3.63) is 45.4 Å². The van der Waals surface area contributed by atoms with Gasteiger partial charge in [0.1, 0.15) is 11.3 Å². The monoisotopic (exact) mass is 441 g/mol. The molecule has 1 saturated carbocycles. The molecule has 1 aliphatic carbocycles. The maximum atomic E-state index is 12.4. The summed E-state index contributed by atoms with van der Waals surface area (Å²) in [4.78, 5) is 31.7. The van der Waals surface area contributed by atoms with Crippen LogP contribution in [0.25, 0.3) is 11.4 Å². The highest BCUT2D eigenvalue weighted by molar-refractivity contribution is 5.87. The molecule has 2 aromatic rings. The van der Waals surface area contributed by atoms with Crippen LogP contribution in [0.5, 0.6) is 5.75 Å². The molecule has 0 radical (unpaired) electrons. The van der Waals surface area contributed by atoms with Gasteiger partial charge in [-0.15, -0.1) is 0 Å². The summed E-state index contributed by atoms with van der Waals surface area (Å²) < 4.78 is 11.3. The number of carboxylic acids is 1. The van der Waals surface area contributed by atoms with Gasteiger partial charge < -0.3 is 24.9 Å². The third-order valence-corrected chi connectivity index (χ3v) is 6.16. The van der Waals surface area contributed by atoms with E-state index in [9.17, 15) is 14.7 Å². The van der Waals surface area contributed by atoms with Crippen molar-refractivity contribution in [2.45, 2.75) is 63.5 Å². The van der Waals surface area contributed by atoms with Crippen LogP contribution in [0.1, 0.15) is 79.5 Å². The van der Waals surface area contributed by atoms with Crippen LogP contribution in [0, 0.1) is 0 Å². The van der Waals surface area contributed by atoms with Gasteiger partial charge in [0.15, 0.2) is 5.43 Å². The number of hydrogen-bond donors (Lipinski definition) is 3. The zero-order valence-electron chi connectivity index (χ0n) is 18.9. The zero-order chi connectivity index (χ0) is 22.9. The maximum Gasteiger partial charge on any atom is 0.341 e. The molecule has 2 fully saturated rings. The van der Waals surface area contributed by atoms with Gasteiger partial charge in [-0.3, -0.25) is 4.79 Å². The Balaban J connectivity index is 1.78. The lowest BCUT2D eigenvalue weighted by Crippen LogP contribution is -2.33. The molecule has 4 rings (SSSR count). The van der Waals surface area contributed by atoms with Crippen LogP contribution < -0.4 is 15.5 Å². The van der Waals surface area contributed by atoms with E-state index in [1.54, 1.807) is 7.11 Å². The number of aromatic amines is 1. The molecule has 2 aromatic heterocycles. The van der Waals surface area contributed by atoms with Gasteiger partial charge in [0, 0.05) is 55.5 Å².